The van der Waals surface area contributed by atoms with Crippen LogP contribution in [-0.4, -0.2) is 45.9 Å². The molecule has 0 N–H and O–H groups in total. The van der Waals surface area contributed by atoms with Gasteiger partial charge in [-0.25, -0.2) is 4.98 Å². The van der Waals surface area contributed by atoms with Gasteiger partial charge in [0.1, 0.15) is 11.3 Å². The van der Waals surface area contributed by atoms with E-state index in [9.17, 15) is 9.59 Å². The molecule has 2 aromatic rings. The number of aryl methyl sites for hydroxylation is 1. The zero-order valence-electron chi connectivity index (χ0n) is 14.2. The number of hydrogen-bond donors (Lipinski definition) is 0. The maximum absolute atomic E-state index is 13.1. The van der Waals surface area contributed by atoms with Crippen molar-refractivity contribution in [3.8, 4) is 0 Å². The molecule has 1 unspecified atom stereocenters. The lowest BCUT2D eigenvalue weighted by Crippen LogP contribution is -2.43. The molecule has 0 aliphatic carbocycles. The number of hydrogen-bond acceptors (Lipinski definition) is 4. The molecule has 0 radical (unpaired) electrons. The average Bonchev–Trinajstić information content (AvgIpc) is 3.00. The second kappa shape index (κ2) is 7.03. The van der Waals surface area contributed by atoms with E-state index in [1.54, 1.807) is 11.8 Å². The van der Waals surface area contributed by atoms with Crippen LogP contribution in [0.2, 0.25) is 0 Å². The van der Waals surface area contributed by atoms with Gasteiger partial charge in [0, 0.05) is 19.3 Å². The number of carbonyl (C=O) groups is 2. The summed E-state index contributed by atoms with van der Waals surface area (Å²) >= 11 is 0. The summed E-state index contributed by atoms with van der Waals surface area (Å²) in [6.07, 6.45) is 4.14. The summed E-state index contributed by atoms with van der Waals surface area (Å²) in [5.74, 6) is -0.490. The molecule has 0 spiro atoms. The summed E-state index contributed by atoms with van der Waals surface area (Å²) < 4.78 is 6.96. The van der Waals surface area contributed by atoms with E-state index in [1.165, 1.54) is 0 Å². The second-order valence-corrected chi connectivity index (χ2v) is 6.03. The van der Waals surface area contributed by atoms with E-state index < -0.39 is 0 Å². The van der Waals surface area contributed by atoms with Gasteiger partial charge < -0.3 is 9.64 Å². The third kappa shape index (κ3) is 3.00. The van der Waals surface area contributed by atoms with Gasteiger partial charge in [-0.3, -0.25) is 14.0 Å². The maximum Gasteiger partial charge on any atom is 0.310 e. The molecule has 1 saturated heterocycles. The third-order valence-corrected chi connectivity index (χ3v) is 4.47. The number of likely N-dealkylation sites (tertiary alicyclic amines) is 1. The van der Waals surface area contributed by atoms with E-state index >= 15 is 0 Å². The topological polar surface area (TPSA) is 63.9 Å². The monoisotopic (exact) mass is 329 g/mol. The number of pyridine rings is 1. The Morgan fingerprint density at radius 3 is 2.92 bits per heavy atom. The molecule has 128 valence electrons. The molecule has 1 amide bonds. The molecule has 3 heterocycles. The highest BCUT2D eigenvalue weighted by atomic mass is 16.5. The quantitative estimate of drug-likeness (QED) is 0.808. The molecule has 6 heteroatoms. The van der Waals surface area contributed by atoms with Crippen molar-refractivity contribution in [2.45, 2.75) is 33.1 Å². The normalized spacial score (nSPS) is 17.9. The predicted octanol–water partition coefficient (Wildman–Crippen LogP) is 2.31. The number of imidazole rings is 1. The largest absolute Gasteiger partial charge is 0.466 e. The Labute approximate surface area is 141 Å². The minimum absolute atomic E-state index is 0.0560. The number of amides is 1. The van der Waals surface area contributed by atoms with Crippen LogP contribution in [0.25, 0.3) is 5.65 Å². The van der Waals surface area contributed by atoms with Gasteiger partial charge in [-0.05, 0) is 38.3 Å². The Kier molecular flexibility index (Phi) is 4.83. The average molecular weight is 329 g/mol. The Bertz CT molecular complexity index is 753. The molecular formula is C18H23N3O3. The van der Waals surface area contributed by atoms with Gasteiger partial charge >= 0.3 is 5.97 Å². The summed E-state index contributed by atoms with van der Waals surface area (Å²) in [5, 5.41) is 0. The highest BCUT2D eigenvalue weighted by Crippen LogP contribution is 2.22. The lowest BCUT2D eigenvalue weighted by molar-refractivity contribution is -0.149. The van der Waals surface area contributed by atoms with Gasteiger partial charge in [0.25, 0.3) is 5.91 Å². The highest BCUT2D eigenvalue weighted by molar-refractivity contribution is 5.95. The van der Waals surface area contributed by atoms with E-state index in [0.29, 0.717) is 31.8 Å². The Morgan fingerprint density at radius 2 is 2.17 bits per heavy atom. The van der Waals surface area contributed by atoms with E-state index in [4.69, 9.17) is 4.74 Å². The smallest absolute Gasteiger partial charge is 0.310 e. The molecule has 0 bridgehead atoms. The Morgan fingerprint density at radius 1 is 1.33 bits per heavy atom. The minimum Gasteiger partial charge on any atom is -0.466 e. The number of rotatable bonds is 4. The van der Waals surface area contributed by atoms with Crippen LogP contribution in [-0.2, 0) is 16.0 Å². The molecule has 0 saturated carbocycles. The molecule has 6 nitrogen and oxygen atoms in total. The highest BCUT2D eigenvalue weighted by Gasteiger charge is 2.32. The number of ether oxygens (including phenoxy) is 1. The first kappa shape index (κ1) is 16.5. The van der Waals surface area contributed by atoms with Gasteiger partial charge in [-0.1, -0.05) is 13.0 Å². The molecule has 24 heavy (non-hydrogen) atoms. The molecule has 1 aliphatic rings. The standard InChI is InChI=1S/C18H23N3O3/c1-3-14-16(21-11-6-5-9-15(21)19-14)17(22)20-10-7-8-13(12-20)18(23)24-4-2/h5-6,9,11,13H,3-4,7-8,10,12H2,1-2H3. The van der Waals surface area contributed by atoms with Gasteiger partial charge in [0.05, 0.1) is 18.2 Å². The summed E-state index contributed by atoms with van der Waals surface area (Å²) in [7, 11) is 0. The van der Waals surface area contributed by atoms with E-state index in [2.05, 4.69) is 4.98 Å². The second-order valence-electron chi connectivity index (χ2n) is 6.03. The lowest BCUT2D eigenvalue weighted by atomic mass is 9.98. The van der Waals surface area contributed by atoms with Crippen molar-refractivity contribution < 1.29 is 14.3 Å². The number of carbonyl (C=O) groups excluding carboxylic acids is 2. The molecule has 2 aromatic heterocycles. The fourth-order valence-electron chi connectivity index (χ4n) is 3.28. The van der Waals surface area contributed by atoms with Crippen molar-refractivity contribution in [1.29, 1.82) is 0 Å². The van der Waals surface area contributed by atoms with Crippen LogP contribution in [0.4, 0.5) is 0 Å². The Balaban J connectivity index is 1.87. The summed E-state index contributed by atoms with van der Waals surface area (Å²) in [5.41, 5.74) is 2.18. The number of aromatic nitrogens is 2. The number of piperidine rings is 1. The van der Waals surface area contributed by atoms with Gasteiger partial charge in [0.15, 0.2) is 0 Å². The first-order valence-electron chi connectivity index (χ1n) is 8.57. The molecule has 0 aromatic carbocycles. The van der Waals surface area contributed by atoms with Gasteiger partial charge in [-0.2, -0.15) is 0 Å². The SMILES string of the molecule is CCOC(=O)C1CCCN(C(=O)c2c(CC)nc3ccccn23)C1. The van der Waals surface area contributed by atoms with Crippen molar-refractivity contribution in [3.05, 3.63) is 35.8 Å². The van der Waals surface area contributed by atoms with Crippen molar-refractivity contribution in [1.82, 2.24) is 14.3 Å². The first-order chi connectivity index (χ1) is 11.7. The van der Waals surface area contributed by atoms with Crippen molar-refractivity contribution >= 4 is 17.5 Å². The van der Waals surface area contributed by atoms with Gasteiger partial charge in [0.2, 0.25) is 0 Å². The predicted molar refractivity (Wildman–Crippen MR) is 89.8 cm³/mol. The summed E-state index contributed by atoms with van der Waals surface area (Å²) in [6.45, 7) is 5.25. The van der Waals surface area contributed by atoms with Gasteiger partial charge in [-0.15, -0.1) is 0 Å². The first-order valence-corrected chi connectivity index (χ1v) is 8.57. The van der Waals surface area contributed by atoms with Crippen LogP contribution >= 0.6 is 0 Å². The van der Waals surface area contributed by atoms with Crippen LogP contribution in [0.15, 0.2) is 24.4 Å². The van der Waals surface area contributed by atoms with Crippen LogP contribution in [0.5, 0.6) is 0 Å². The van der Waals surface area contributed by atoms with E-state index in [-0.39, 0.29) is 17.8 Å². The van der Waals surface area contributed by atoms with Crippen molar-refractivity contribution in [3.63, 3.8) is 0 Å². The molecular weight excluding hydrogens is 306 g/mol. The summed E-state index contributed by atoms with van der Waals surface area (Å²) in [4.78, 5) is 31.4. The van der Waals surface area contributed by atoms with Crippen LogP contribution < -0.4 is 0 Å². The summed E-state index contributed by atoms with van der Waals surface area (Å²) in [6, 6.07) is 5.70. The lowest BCUT2D eigenvalue weighted by Gasteiger charge is -2.31. The Hall–Kier alpha value is -2.37. The van der Waals surface area contributed by atoms with E-state index in [1.807, 2.05) is 35.7 Å². The van der Waals surface area contributed by atoms with E-state index in [0.717, 1.165) is 24.2 Å². The number of fused-ring (bicyclic) bond motifs is 1. The zero-order chi connectivity index (χ0) is 17.1. The fraction of sp³-hybridized carbons (Fsp3) is 0.500. The van der Waals surface area contributed by atoms with Crippen LogP contribution in [0, 0.1) is 5.92 Å². The fourth-order valence-corrected chi connectivity index (χ4v) is 3.28. The number of nitrogens with zero attached hydrogens (tertiary/aromatic N) is 3. The van der Waals surface area contributed by atoms with Crippen LogP contribution in [0.3, 0.4) is 0 Å². The molecule has 1 fully saturated rings. The number of esters is 1. The third-order valence-electron chi connectivity index (χ3n) is 4.47. The van der Waals surface area contributed by atoms with Crippen molar-refractivity contribution in [2.75, 3.05) is 19.7 Å². The molecule has 1 aliphatic heterocycles. The van der Waals surface area contributed by atoms with Crippen molar-refractivity contribution in [2.24, 2.45) is 5.92 Å². The molecule has 3 rings (SSSR count). The maximum atomic E-state index is 13.1. The molecule has 1 atom stereocenters. The van der Waals surface area contributed by atoms with Crippen LogP contribution in [0.1, 0.15) is 42.9 Å². The minimum atomic E-state index is -0.230. The zero-order valence-corrected chi connectivity index (χ0v) is 14.2.